The number of hydrogen-bond donors (Lipinski definition) is 2. The molecular formula is C26H38N4O7. The van der Waals surface area contributed by atoms with E-state index < -0.39 is 24.1 Å². The average molecular weight is 519 g/mol. The third-order valence-corrected chi connectivity index (χ3v) is 5.86. The number of ether oxygens (including phenoxy) is 3. The predicted octanol–water partition coefficient (Wildman–Crippen LogP) is 2.26. The van der Waals surface area contributed by atoms with Gasteiger partial charge in [-0.2, -0.15) is 4.99 Å². The van der Waals surface area contributed by atoms with E-state index in [1.807, 2.05) is 20.8 Å². The monoisotopic (exact) mass is 518 g/mol. The molecule has 1 aliphatic rings. The van der Waals surface area contributed by atoms with Crippen molar-refractivity contribution in [2.24, 2.45) is 16.6 Å². The first kappa shape index (κ1) is 29.8. The fourth-order valence-corrected chi connectivity index (χ4v) is 3.86. The second-order valence-electron chi connectivity index (χ2n) is 9.05. The van der Waals surface area contributed by atoms with Crippen molar-refractivity contribution in [3.05, 3.63) is 35.4 Å². The summed E-state index contributed by atoms with van der Waals surface area (Å²) in [4.78, 5) is 54.7. The quantitative estimate of drug-likeness (QED) is 0.272. The zero-order valence-corrected chi connectivity index (χ0v) is 22.2. The van der Waals surface area contributed by atoms with Gasteiger partial charge in [-0.15, -0.1) is 0 Å². The molecule has 0 radical (unpaired) electrons. The van der Waals surface area contributed by atoms with Crippen molar-refractivity contribution in [1.82, 2.24) is 10.2 Å². The topological polar surface area (TPSA) is 150 Å². The Morgan fingerprint density at radius 1 is 1.03 bits per heavy atom. The maximum absolute atomic E-state index is 12.9. The lowest BCUT2D eigenvalue weighted by molar-refractivity contribution is -0.168. The molecule has 11 nitrogen and oxygen atoms in total. The molecule has 1 fully saturated rings. The molecule has 0 spiro atoms. The van der Waals surface area contributed by atoms with Gasteiger partial charge < -0.3 is 30.2 Å². The molecule has 11 heteroatoms. The molecule has 1 aromatic carbocycles. The number of aliphatic imine (C=N–C) groups is 1. The van der Waals surface area contributed by atoms with Crippen LogP contribution < -0.4 is 11.1 Å². The lowest BCUT2D eigenvalue weighted by Crippen LogP contribution is -2.50. The summed E-state index contributed by atoms with van der Waals surface area (Å²) >= 11 is 0. The van der Waals surface area contributed by atoms with E-state index >= 15 is 0 Å². The molecule has 1 aromatic rings. The fourth-order valence-electron chi connectivity index (χ4n) is 3.86. The van der Waals surface area contributed by atoms with Crippen molar-refractivity contribution in [3.63, 3.8) is 0 Å². The Morgan fingerprint density at radius 3 is 2.16 bits per heavy atom. The van der Waals surface area contributed by atoms with Crippen LogP contribution in [0.3, 0.4) is 0 Å². The first-order valence-electron chi connectivity index (χ1n) is 12.6. The largest absolute Gasteiger partial charge is 0.460 e. The van der Waals surface area contributed by atoms with E-state index in [9.17, 15) is 19.2 Å². The molecule has 1 aliphatic heterocycles. The summed E-state index contributed by atoms with van der Waals surface area (Å²) in [5.41, 5.74) is 6.58. The maximum Gasteiger partial charge on any atom is 0.435 e. The van der Waals surface area contributed by atoms with E-state index in [1.165, 1.54) is 12.1 Å². The van der Waals surface area contributed by atoms with Crippen molar-refractivity contribution < 1.29 is 33.4 Å². The summed E-state index contributed by atoms with van der Waals surface area (Å²) in [7, 11) is 0. The molecule has 1 saturated heterocycles. The highest BCUT2D eigenvalue weighted by Crippen LogP contribution is 2.18. The van der Waals surface area contributed by atoms with Gasteiger partial charge in [0.1, 0.15) is 18.0 Å². The number of hydrogen-bond acceptors (Lipinski definition) is 7. The van der Waals surface area contributed by atoms with E-state index in [0.29, 0.717) is 43.7 Å². The summed E-state index contributed by atoms with van der Waals surface area (Å²) in [6.07, 6.45) is -0.630. The molecule has 0 bridgehead atoms. The predicted molar refractivity (Wildman–Crippen MR) is 137 cm³/mol. The highest BCUT2D eigenvalue weighted by atomic mass is 16.6. The first-order valence-corrected chi connectivity index (χ1v) is 12.6. The smallest absolute Gasteiger partial charge is 0.435 e. The zero-order chi connectivity index (χ0) is 27.5. The number of amidine groups is 1. The summed E-state index contributed by atoms with van der Waals surface area (Å²) < 4.78 is 15.9. The number of amides is 3. The van der Waals surface area contributed by atoms with Crippen LogP contribution in [0.25, 0.3) is 0 Å². The second kappa shape index (κ2) is 14.3. The number of piperidine rings is 1. The van der Waals surface area contributed by atoms with Crippen LogP contribution in [0.4, 0.5) is 4.79 Å². The Morgan fingerprint density at radius 2 is 1.62 bits per heavy atom. The normalized spacial score (nSPS) is 16.2. The Bertz CT molecular complexity index is 970. The molecule has 0 aliphatic carbocycles. The lowest BCUT2D eigenvalue weighted by atomic mass is 10.1. The Kier molecular flexibility index (Phi) is 11.5. The highest BCUT2D eigenvalue weighted by Gasteiger charge is 2.31. The number of esters is 1. The SMILES string of the molecule is CCOC(=O)/N=C(\N)c1ccc(C(=O)NC(C)C(=O)N2CCC(OC(=O)C(OCC)C(C)C)CC2)cc1. The summed E-state index contributed by atoms with van der Waals surface area (Å²) in [6.45, 7) is 10.4. The molecule has 204 valence electrons. The summed E-state index contributed by atoms with van der Waals surface area (Å²) in [5, 5.41) is 2.71. The summed E-state index contributed by atoms with van der Waals surface area (Å²) in [6, 6.07) is 5.43. The minimum Gasteiger partial charge on any atom is -0.460 e. The van der Waals surface area contributed by atoms with E-state index in [1.54, 1.807) is 30.9 Å². The number of benzene rings is 1. The van der Waals surface area contributed by atoms with Gasteiger partial charge in [0.15, 0.2) is 6.10 Å². The van der Waals surface area contributed by atoms with E-state index in [4.69, 9.17) is 19.9 Å². The fraction of sp³-hybridized carbons (Fsp3) is 0.577. The molecule has 2 rings (SSSR count). The standard InChI is InChI=1S/C26H38N4O7/c1-6-35-21(16(3)4)25(33)37-20-12-14-30(15-13-20)24(32)17(5)28-23(31)19-10-8-18(9-11-19)22(27)29-26(34)36-7-2/h8-11,16-17,20-21H,6-7,12-15H2,1-5H3,(H,28,31)(H2,27,29,34). The molecular weight excluding hydrogens is 480 g/mol. The Labute approximate surface area is 217 Å². The molecule has 0 aromatic heterocycles. The van der Waals surface area contributed by atoms with Crippen LogP contribution in [-0.2, 0) is 23.8 Å². The molecule has 1 heterocycles. The van der Waals surface area contributed by atoms with Crippen LogP contribution in [0.2, 0.25) is 0 Å². The summed E-state index contributed by atoms with van der Waals surface area (Å²) in [5.74, 6) is -1.03. The zero-order valence-electron chi connectivity index (χ0n) is 22.2. The second-order valence-corrected chi connectivity index (χ2v) is 9.05. The van der Waals surface area contributed by atoms with E-state index in [2.05, 4.69) is 10.3 Å². The molecule has 2 atom stereocenters. The van der Waals surface area contributed by atoms with Crippen molar-refractivity contribution >= 4 is 29.7 Å². The molecule has 3 amide bonds. The van der Waals surface area contributed by atoms with Crippen molar-refractivity contribution in [2.75, 3.05) is 26.3 Å². The minimum atomic E-state index is -0.790. The van der Waals surface area contributed by atoms with E-state index in [0.717, 1.165) is 0 Å². The highest BCUT2D eigenvalue weighted by molar-refractivity contribution is 6.04. The van der Waals surface area contributed by atoms with Gasteiger partial charge in [-0.3, -0.25) is 9.59 Å². The number of carbonyl (C=O) groups excluding carboxylic acids is 4. The number of rotatable bonds is 10. The molecule has 37 heavy (non-hydrogen) atoms. The Hall–Kier alpha value is -3.47. The van der Waals surface area contributed by atoms with Gasteiger partial charge in [0.25, 0.3) is 5.91 Å². The number of carbonyl (C=O) groups is 4. The third kappa shape index (κ3) is 8.85. The number of nitrogens with two attached hydrogens (primary N) is 1. The van der Waals surface area contributed by atoms with Gasteiger partial charge in [0.2, 0.25) is 5.91 Å². The van der Waals surface area contributed by atoms with E-state index in [-0.39, 0.29) is 36.3 Å². The number of nitrogens with zero attached hydrogens (tertiary/aromatic N) is 2. The van der Waals surface area contributed by atoms with Crippen LogP contribution in [0.5, 0.6) is 0 Å². The van der Waals surface area contributed by atoms with Gasteiger partial charge >= 0.3 is 12.1 Å². The third-order valence-electron chi connectivity index (χ3n) is 5.86. The van der Waals surface area contributed by atoms with Crippen LogP contribution in [0.1, 0.15) is 63.4 Å². The minimum absolute atomic E-state index is 0.00451. The lowest BCUT2D eigenvalue weighted by Gasteiger charge is -2.34. The van der Waals surface area contributed by atoms with Crippen LogP contribution in [0, 0.1) is 5.92 Å². The average Bonchev–Trinajstić information content (AvgIpc) is 2.87. The first-order chi connectivity index (χ1) is 17.6. The van der Waals surface area contributed by atoms with Crippen molar-refractivity contribution in [2.45, 2.75) is 65.7 Å². The van der Waals surface area contributed by atoms with Gasteiger partial charge in [0, 0.05) is 43.7 Å². The van der Waals surface area contributed by atoms with Gasteiger partial charge in [0.05, 0.1) is 6.61 Å². The van der Waals surface area contributed by atoms with Gasteiger partial charge in [-0.1, -0.05) is 26.0 Å². The van der Waals surface area contributed by atoms with Gasteiger partial charge in [-0.25, -0.2) is 9.59 Å². The molecule has 2 unspecified atom stereocenters. The van der Waals surface area contributed by atoms with Crippen molar-refractivity contribution in [3.8, 4) is 0 Å². The van der Waals surface area contributed by atoms with Gasteiger partial charge in [-0.05, 0) is 38.8 Å². The van der Waals surface area contributed by atoms with Crippen LogP contribution >= 0.6 is 0 Å². The van der Waals surface area contributed by atoms with Crippen LogP contribution in [0.15, 0.2) is 29.3 Å². The molecule has 3 N–H and O–H groups in total. The number of nitrogens with one attached hydrogen (secondary N) is 1. The van der Waals surface area contributed by atoms with Crippen LogP contribution in [-0.4, -0.2) is 79.2 Å². The number of likely N-dealkylation sites (tertiary alicyclic amines) is 1. The maximum atomic E-state index is 12.9. The Balaban J connectivity index is 1.86. The van der Waals surface area contributed by atoms with Crippen molar-refractivity contribution in [1.29, 1.82) is 0 Å². The molecule has 0 saturated carbocycles.